The Morgan fingerprint density at radius 1 is 1.40 bits per heavy atom. The summed E-state index contributed by atoms with van der Waals surface area (Å²) >= 11 is 1.92. The number of thioether (sulfide) groups is 1. The monoisotopic (exact) mass is 302 g/mol. The molecule has 1 fully saturated rings. The molecule has 112 valence electrons. The normalized spacial score (nSPS) is 20.7. The molecule has 2 N–H and O–H groups in total. The first-order valence-corrected chi connectivity index (χ1v) is 8.05. The summed E-state index contributed by atoms with van der Waals surface area (Å²) in [5.41, 5.74) is 0. The van der Waals surface area contributed by atoms with E-state index in [-0.39, 0.29) is 0 Å². The molecule has 0 spiro atoms. The minimum absolute atomic E-state index is 0.351. The third-order valence-corrected chi connectivity index (χ3v) is 4.47. The van der Waals surface area contributed by atoms with E-state index in [1.54, 1.807) is 13.0 Å². The molecule has 1 aromatic heterocycles. The van der Waals surface area contributed by atoms with Gasteiger partial charge in [-0.15, -0.1) is 0 Å². The van der Waals surface area contributed by atoms with Gasteiger partial charge in [0.1, 0.15) is 18.0 Å². The van der Waals surface area contributed by atoms with Crippen LogP contribution in [0.3, 0.4) is 0 Å². The van der Waals surface area contributed by atoms with Crippen molar-refractivity contribution in [3.63, 3.8) is 0 Å². The van der Waals surface area contributed by atoms with Gasteiger partial charge in [-0.3, -0.25) is 0 Å². The molecule has 0 amide bonds. The van der Waals surface area contributed by atoms with Crippen LogP contribution in [0.2, 0.25) is 0 Å². The smallest absolute Gasteiger partial charge is 0.258 e. The highest BCUT2D eigenvalue weighted by Gasteiger charge is 2.19. The lowest BCUT2D eigenvalue weighted by molar-refractivity contribution is 0.122. The van der Waals surface area contributed by atoms with Crippen LogP contribution in [0.5, 0.6) is 0 Å². The van der Waals surface area contributed by atoms with Gasteiger partial charge in [0, 0.05) is 17.9 Å². The van der Waals surface area contributed by atoms with Gasteiger partial charge in [-0.2, -0.15) is 11.8 Å². The molecule has 20 heavy (non-hydrogen) atoms. The molecule has 0 bridgehead atoms. The van der Waals surface area contributed by atoms with E-state index in [0.717, 1.165) is 12.2 Å². The van der Waals surface area contributed by atoms with Crippen LogP contribution in [-0.4, -0.2) is 40.0 Å². The maximum atomic E-state index is 12.7. The Morgan fingerprint density at radius 2 is 2.20 bits per heavy atom. The average molecular weight is 302 g/mol. The Hall–Kier alpha value is -1.11. The largest absolute Gasteiger partial charge is 0.366 e. The zero-order valence-corrected chi connectivity index (χ0v) is 12.3. The number of hydrogen-bond donors (Lipinski definition) is 2. The number of anilines is 2. The van der Waals surface area contributed by atoms with Crippen LogP contribution in [-0.2, 0) is 0 Å². The summed E-state index contributed by atoms with van der Waals surface area (Å²) in [5.74, 6) is 3.40. The summed E-state index contributed by atoms with van der Waals surface area (Å²) in [6.45, 7) is 1.73. The SMILES string of the molecule is CC[C@H](Nc1cc(NC2CCCSC2)ncn1)C(F)F. The maximum absolute atomic E-state index is 12.7. The van der Waals surface area contributed by atoms with Gasteiger partial charge in [0.05, 0.1) is 6.04 Å². The van der Waals surface area contributed by atoms with Crippen molar-refractivity contribution in [3.8, 4) is 0 Å². The highest BCUT2D eigenvalue weighted by Crippen LogP contribution is 2.21. The molecule has 0 aliphatic carbocycles. The molecule has 7 heteroatoms. The molecule has 1 aliphatic heterocycles. The van der Waals surface area contributed by atoms with E-state index in [9.17, 15) is 8.78 Å². The lowest BCUT2D eigenvalue weighted by Crippen LogP contribution is -2.28. The Kier molecular flexibility index (Phi) is 5.82. The Morgan fingerprint density at radius 3 is 2.85 bits per heavy atom. The second kappa shape index (κ2) is 7.61. The van der Waals surface area contributed by atoms with E-state index in [2.05, 4.69) is 20.6 Å². The maximum Gasteiger partial charge on any atom is 0.258 e. The summed E-state index contributed by atoms with van der Waals surface area (Å²) in [6.07, 6.45) is 1.67. The minimum Gasteiger partial charge on any atom is -0.366 e. The fourth-order valence-corrected chi connectivity index (χ4v) is 3.18. The lowest BCUT2D eigenvalue weighted by atomic mass is 10.2. The van der Waals surface area contributed by atoms with Gasteiger partial charge in [0.2, 0.25) is 0 Å². The lowest BCUT2D eigenvalue weighted by Gasteiger charge is -2.23. The van der Waals surface area contributed by atoms with Crippen LogP contribution < -0.4 is 10.6 Å². The average Bonchev–Trinajstić information content (AvgIpc) is 2.46. The van der Waals surface area contributed by atoms with Gasteiger partial charge >= 0.3 is 0 Å². The highest BCUT2D eigenvalue weighted by molar-refractivity contribution is 7.99. The van der Waals surface area contributed by atoms with Gasteiger partial charge in [0.25, 0.3) is 6.43 Å². The molecule has 1 aromatic rings. The van der Waals surface area contributed by atoms with Crippen LogP contribution in [0, 0.1) is 0 Å². The summed E-state index contributed by atoms with van der Waals surface area (Å²) < 4.78 is 25.5. The molecular formula is C13H20F2N4S. The number of rotatable bonds is 6. The van der Waals surface area contributed by atoms with E-state index < -0.39 is 12.5 Å². The number of nitrogens with zero attached hydrogens (tertiary/aromatic N) is 2. The zero-order chi connectivity index (χ0) is 14.4. The predicted molar refractivity (Wildman–Crippen MR) is 79.7 cm³/mol. The van der Waals surface area contributed by atoms with Gasteiger partial charge < -0.3 is 10.6 Å². The molecular weight excluding hydrogens is 282 g/mol. The van der Waals surface area contributed by atoms with E-state index >= 15 is 0 Å². The van der Waals surface area contributed by atoms with Crippen molar-refractivity contribution in [2.45, 2.75) is 44.7 Å². The molecule has 0 saturated carbocycles. The van der Waals surface area contributed by atoms with Crippen molar-refractivity contribution in [1.29, 1.82) is 0 Å². The van der Waals surface area contributed by atoms with Crippen LogP contribution in [0.15, 0.2) is 12.4 Å². The molecule has 4 nitrogen and oxygen atoms in total. The second-order valence-electron chi connectivity index (χ2n) is 4.84. The summed E-state index contributed by atoms with van der Waals surface area (Å²) in [5, 5.41) is 6.10. The van der Waals surface area contributed by atoms with Gasteiger partial charge in [-0.1, -0.05) is 6.92 Å². The molecule has 2 rings (SSSR count). The number of halogens is 2. The van der Waals surface area contributed by atoms with Crippen molar-refractivity contribution in [3.05, 3.63) is 12.4 Å². The summed E-state index contributed by atoms with van der Waals surface area (Å²) in [7, 11) is 0. The van der Waals surface area contributed by atoms with Gasteiger partial charge in [-0.05, 0) is 25.0 Å². The third-order valence-electron chi connectivity index (χ3n) is 3.26. The number of aromatic nitrogens is 2. The van der Waals surface area contributed by atoms with E-state index in [1.807, 2.05) is 11.8 Å². The molecule has 2 atom stereocenters. The Bertz CT molecular complexity index is 413. The van der Waals surface area contributed by atoms with Crippen molar-refractivity contribution < 1.29 is 8.78 Å². The minimum atomic E-state index is -2.40. The zero-order valence-electron chi connectivity index (χ0n) is 11.5. The second-order valence-corrected chi connectivity index (χ2v) is 5.99. The van der Waals surface area contributed by atoms with Gasteiger partial charge in [-0.25, -0.2) is 18.7 Å². The van der Waals surface area contributed by atoms with Crippen molar-refractivity contribution >= 4 is 23.4 Å². The Labute approximate surface area is 122 Å². The predicted octanol–water partition coefficient (Wildman–Crippen LogP) is 3.24. The highest BCUT2D eigenvalue weighted by atomic mass is 32.2. The van der Waals surface area contributed by atoms with Gasteiger partial charge in [0.15, 0.2) is 0 Å². The van der Waals surface area contributed by atoms with Crippen LogP contribution in [0.4, 0.5) is 20.4 Å². The first kappa shape index (κ1) is 15.3. The van der Waals surface area contributed by atoms with E-state index in [0.29, 0.717) is 24.1 Å². The number of hydrogen-bond acceptors (Lipinski definition) is 5. The first-order valence-electron chi connectivity index (χ1n) is 6.90. The topological polar surface area (TPSA) is 49.8 Å². The Balaban J connectivity index is 1.96. The van der Waals surface area contributed by atoms with E-state index in [4.69, 9.17) is 0 Å². The molecule has 1 unspecified atom stereocenters. The third kappa shape index (κ3) is 4.47. The van der Waals surface area contributed by atoms with Crippen molar-refractivity contribution in [1.82, 2.24) is 9.97 Å². The summed E-state index contributed by atoms with van der Waals surface area (Å²) in [4.78, 5) is 8.15. The molecule has 0 radical (unpaired) electrons. The number of alkyl halides is 2. The van der Waals surface area contributed by atoms with Crippen LogP contribution in [0.25, 0.3) is 0 Å². The van der Waals surface area contributed by atoms with Crippen LogP contribution >= 0.6 is 11.8 Å². The molecule has 1 saturated heterocycles. The quantitative estimate of drug-likeness (QED) is 0.845. The van der Waals surface area contributed by atoms with Crippen molar-refractivity contribution in [2.75, 3.05) is 22.1 Å². The fraction of sp³-hybridized carbons (Fsp3) is 0.692. The first-order chi connectivity index (χ1) is 9.69. The number of nitrogens with one attached hydrogen (secondary N) is 2. The molecule has 2 heterocycles. The fourth-order valence-electron chi connectivity index (χ4n) is 2.11. The standard InChI is InChI=1S/C13H20F2N4S/c1-2-10(13(14)15)19-12-6-11(16-8-17-12)18-9-4-3-5-20-7-9/h6,8-10,13H,2-5,7H2,1H3,(H2,16,17,18,19)/t9?,10-/m0/s1. The summed E-state index contributed by atoms with van der Waals surface area (Å²) in [6, 6.07) is 1.22. The van der Waals surface area contributed by atoms with E-state index in [1.165, 1.54) is 18.5 Å². The van der Waals surface area contributed by atoms with Crippen molar-refractivity contribution in [2.24, 2.45) is 0 Å². The molecule has 1 aliphatic rings. The molecule has 0 aromatic carbocycles. The van der Waals surface area contributed by atoms with Crippen LogP contribution in [0.1, 0.15) is 26.2 Å².